The van der Waals surface area contributed by atoms with E-state index in [1.807, 2.05) is 6.92 Å². The number of hydrogen-bond donors (Lipinski definition) is 0. The fourth-order valence-corrected chi connectivity index (χ4v) is 4.02. The van der Waals surface area contributed by atoms with Crippen LogP contribution in [-0.4, -0.2) is 30.9 Å². The van der Waals surface area contributed by atoms with Gasteiger partial charge in [0.2, 0.25) is 0 Å². The SMILES string of the molecule is CC1CC(C(C)(C)C)[N+](F)(OS(=O)(=O)C(F)(F)F)C(C(C)(C)C)C1. The van der Waals surface area contributed by atoms with Gasteiger partial charge in [0, 0.05) is 33.0 Å². The molecule has 0 radical (unpaired) electrons. The van der Waals surface area contributed by atoms with Crippen LogP contribution in [-0.2, 0) is 14.4 Å². The molecule has 0 aromatic heterocycles. The maximum Gasteiger partial charge on any atom is 0.528 e. The van der Waals surface area contributed by atoms with E-state index in [1.54, 1.807) is 41.5 Å². The van der Waals surface area contributed by atoms with Gasteiger partial charge in [-0.1, -0.05) is 48.5 Å². The highest BCUT2D eigenvalue weighted by atomic mass is 32.2. The largest absolute Gasteiger partial charge is 0.528 e. The molecule has 0 aromatic rings. The lowest BCUT2D eigenvalue weighted by atomic mass is 9.71. The molecule has 24 heavy (non-hydrogen) atoms. The molecule has 2 unspecified atom stereocenters. The van der Waals surface area contributed by atoms with E-state index in [0.717, 1.165) is 0 Å². The molecule has 0 N–H and O–H groups in total. The van der Waals surface area contributed by atoms with Gasteiger partial charge in [0.1, 0.15) is 0 Å². The first-order valence-corrected chi connectivity index (χ1v) is 9.34. The summed E-state index contributed by atoms with van der Waals surface area (Å²) in [5, 5.41) is 0. The topological polar surface area (TPSA) is 43.4 Å². The van der Waals surface area contributed by atoms with Crippen LogP contribution in [0.3, 0.4) is 0 Å². The maximum absolute atomic E-state index is 15.9. The van der Waals surface area contributed by atoms with E-state index in [2.05, 4.69) is 4.28 Å². The van der Waals surface area contributed by atoms with E-state index in [4.69, 9.17) is 0 Å². The molecule has 1 fully saturated rings. The molecule has 1 heterocycles. The van der Waals surface area contributed by atoms with Crippen LogP contribution in [0.4, 0.5) is 17.7 Å². The van der Waals surface area contributed by atoms with Crippen LogP contribution < -0.4 is 0 Å². The highest BCUT2D eigenvalue weighted by molar-refractivity contribution is 7.87. The molecule has 0 amide bonds. The highest BCUT2D eigenvalue weighted by Crippen LogP contribution is 2.50. The minimum atomic E-state index is -6.06. The first kappa shape index (κ1) is 21.6. The predicted molar refractivity (Wildman–Crippen MR) is 82.3 cm³/mol. The average molecular weight is 378 g/mol. The number of alkyl halides is 3. The Hall–Kier alpha value is -0.410. The first-order valence-electron chi connectivity index (χ1n) is 7.93. The van der Waals surface area contributed by atoms with E-state index >= 15 is 4.48 Å². The Balaban J connectivity index is 3.50. The zero-order valence-corrected chi connectivity index (χ0v) is 16.1. The number of hydrogen-bond acceptors (Lipinski definition) is 3. The summed E-state index contributed by atoms with van der Waals surface area (Å²) in [5.74, 6) is 0.0395. The molecular formula is C15H28F4NO3S+. The van der Waals surface area contributed by atoms with E-state index < -0.39 is 43.4 Å². The summed E-state index contributed by atoms with van der Waals surface area (Å²) in [6.45, 7) is 11.9. The number of halogens is 4. The summed E-state index contributed by atoms with van der Waals surface area (Å²) in [6.07, 6.45) is 0.472. The number of quaternary nitrogens is 1. The van der Waals surface area contributed by atoms with Crippen molar-refractivity contribution in [3.05, 3.63) is 0 Å². The molecule has 0 spiro atoms. The monoisotopic (exact) mass is 378 g/mol. The number of nitrogens with zero attached hydrogens (tertiary/aromatic N) is 1. The fourth-order valence-electron chi connectivity index (χ4n) is 3.42. The van der Waals surface area contributed by atoms with Gasteiger partial charge in [0.25, 0.3) is 0 Å². The Bertz CT molecular complexity index is 537. The zero-order chi connectivity index (χ0) is 19.4. The lowest BCUT2D eigenvalue weighted by molar-refractivity contribution is -1.23. The van der Waals surface area contributed by atoms with Gasteiger partial charge < -0.3 is 0 Å². The van der Waals surface area contributed by atoms with Crippen molar-refractivity contribution in [2.24, 2.45) is 16.7 Å². The van der Waals surface area contributed by atoms with Crippen LogP contribution in [0, 0.1) is 16.7 Å². The van der Waals surface area contributed by atoms with Crippen molar-refractivity contribution in [2.45, 2.75) is 78.9 Å². The Morgan fingerprint density at radius 3 is 1.50 bits per heavy atom. The van der Waals surface area contributed by atoms with Crippen molar-refractivity contribution in [1.29, 1.82) is 0 Å². The third-order valence-corrected chi connectivity index (χ3v) is 5.59. The first-order chi connectivity index (χ1) is 10.3. The Labute approximate surface area is 141 Å². The summed E-state index contributed by atoms with van der Waals surface area (Å²) in [6, 6.07) is -2.08. The standard InChI is InChI=1S/C15H28F4NO3S/c1-10-8-11(13(2,3)4)20(19,12(9-10)14(5,6)7)23-24(21,22)15(16,17)18/h10-12H,8-9H2,1-7H3/q+1. The summed E-state index contributed by atoms with van der Waals surface area (Å²) < 4.78 is 81.7. The third kappa shape index (κ3) is 4.22. The van der Waals surface area contributed by atoms with Crippen molar-refractivity contribution in [3.8, 4) is 0 Å². The molecule has 4 nitrogen and oxygen atoms in total. The van der Waals surface area contributed by atoms with Gasteiger partial charge in [0.05, 0.1) is 0 Å². The van der Waals surface area contributed by atoms with Crippen LogP contribution in [0.15, 0.2) is 0 Å². The quantitative estimate of drug-likeness (QED) is 0.396. The maximum atomic E-state index is 15.9. The summed E-state index contributed by atoms with van der Waals surface area (Å²) >= 11 is 0. The molecule has 1 aliphatic heterocycles. The smallest absolute Gasteiger partial charge is 0.184 e. The van der Waals surface area contributed by atoms with Gasteiger partial charge in [-0.05, 0) is 10.2 Å². The van der Waals surface area contributed by atoms with Crippen LogP contribution in [0.25, 0.3) is 0 Å². The van der Waals surface area contributed by atoms with Crippen molar-refractivity contribution < 1.29 is 35.2 Å². The van der Waals surface area contributed by atoms with Crippen molar-refractivity contribution >= 4 is 10.1 Å². The van der Waals surface area contributed by atoms with E-state index in [9.17, 15) is 21.6 Å². The van der Waals surface area contributed by atoms with Crippen LogP contribution in [0.1, 0.15) is 61.3 Å². The highest BCUT2D eigenvalue weighted by Gasteiger charge is 2.66. The molecule has 0 bridgehead atoms. The Morgan fingerprint density at radius 2 is 1.25 bits per heavy atom. The molecule has 1 rings (SSSR count). The zero-order valence-electron chi connectivity index (χ0n) is 15.2. The van der Waals surface area contributed by atoms with Gasteiger partial charge in [0.15, 0.2) is 12.1 Å². The summed E-state index contributed by atoms with van der Waals surface area (Å²) in [7, 11) is -6.06. The van der Waals surface area contributed by atoms with Crippen LogP contribution >= 0.6 is 0 Å². The summed E-state index contributed by atoms with van der Waals surface area (Å²) in [4.78, 5) is -2.07. The minimum absolute atomic E-state index is 0.0395. The van der Waals surface area contributed by atoms with Gasteiger partial charge in [-0.15, -0.1) is 0 Å². The molecule has 0 saturated carbocycles. The molecule has 144 valence electrons. The Morgan fingerprint density at radius 1 is 0.917 bits per heavy atom. The fraction of sp³-hybridized carbons (Fsp3) is 1.00. The van der Waals surface area contributed by atoms with Crippen molar-refractivity contribution in [2.75, 3.05) is 0 Å². The van der Waals surface area contributed by atoms with E-state index in [0.29, 0.717) is 0 Å². The second kappa shape index (κ2) is 6.09. The second-order valence-corrected chi connectivity index (χ2v) is 10.5. The number of piperidine rings is 1. The van der Waals surface area contributed by atoms with E-state index in [-0.39, 0.29) is 18.8 Å². The lowest BCUT2D eigenvalue weighted by Crippen LogP contribution is -2.67. The molecule has 2 atom stereocenters. The average Bonchev–Trinajstić information content (AvgIpc) is 2.26. The van der Waals surface area contributed by atoms with Crippen LogP contribution in [0.5, 0.6) is 0 Å². The van der Waals surface area contributed by atoms with Gasteiger partial charge in [-0.25, -0.2) is 0 Å². The molecule has 1 aliphatic rings. The lowest BCUT2D eigenvalue weighted by Gasteiger charge is -2.50. The van der Waals surface area contributed by atoms with Crippen molar-refractivity contribution in [1.82, 2.24) is 0 Å². The minimum Gasteiger partial charge on any atom is -0.184 e. The second-order valence-electron chi connectivity index (χ2n) is 8.94. The normalized spacial score (nSPS) is 33.5. The molecular weight excluding hydrogens is 350 g/mol. The van der Waals surface area contributed by atoms with Crippen molar-refractivity contribution in [3.63, 3.8) is 0 Å². The van der Waals surface area contributed by atoms with Crippen LogP contribution in [0.2, 0.25) is 0 Å². The van der Waals surface area contributed by atoms with Gasteiger partial charge in [-0.2, -0.15) is 21.6 Å². The summed E-state index contributed by atoms with van der Waals surface area (Å²) in [5.41, 5.74) is -7.24. The Kier molecular flexibility index (Phi) is 5.49. The molecule has 1 saturated heterocycles. The molecule has 0 aliphatic carbocycles. The predicted octanol–water partition coefficient (Wildman–Crippen LogP) is 4.73. The van der Waals surface area contributed by atoms with Gasteiger partial charge in [-0.3, -0.25) is 0 Å². The molecule has 0 aromatic carbocycles. The molecule has 9 heteroatoms. The van der Waals surface area contributed by atoms with E-state index in [1.165, 1.54) is 0 Å². The number of hydroxylamine groups is 2. The van der Waals surface area contributed by atoms with Gasteiger partial charge >= 0.3 is 15.6 Å². The third-order valence-electron chi connectivity index (χ3n) is 4.60. The number of rotatable bonds is 2.